The molecule has 2 aromatic carbocycles. The van der Waals surface area contributed by atoms with Gasteiger partial charge in [-0.1, -0.05) is 29.8 Å². The van der Waals surface area contributed by atoms with Crippen molar-refractivity contribution < 1.29 is 0 Å². The predicted octanol–water partition coefficient (Wildman–Crippen LogP) is 4.61. The molecule has 0 amide bonds. The third-order valence-electron chi connectivity index (χ3n) is 3.41. The van der Waals surface area contributed by atoms with Gasteiger partial charge in [-0.15, -0.1) is 11.8 Å². The molecule has 1 N–H and O–H groups in total. The Morgan fingerprint density at radius 2 is 2.11 bits per heavy atom. The molecule has 0 aliphatic carbocycles. The van der Waals surface area contributed by atoms with Gasteiger partial charge >= 0.3 is 0 Å². The summed E-state index contributed by atoms with van der Waals surface area (Å²) in [6, 6.07) is 14.3. The number of imidazole rings is 1. The third kappa shape index (κ3) is 1.94. The number of nitrogens with zero attached hydrogens (tertiary/aromatic N) is 1. The minimum Gasteiger partial charge on any atom is -0.341 e. The summed E-state index contributed by atoms with van der Waals surface area (Å²) < 4.78 is 0. The molecule has 0 spiro atoms. The average molecular weight is 287 g/mol. The Labute approximate surface area is 120 Å². The van der Waals surface area contributed by atoms with Crippen molar-refractivity contribution in [1.29, 1.82) is 0 Å². The topological polar surface area (TPSA) is 28.7 Å². The zero-order valence-electron chi connectivity index (χ0n) is 10.1. The highest BCUT2D eigenvalue weighted by molar-refractivity contribution is 7.99. The van der Waals surface area contributed by atoms with Crippen LogP contribution in [0.4, 0.5) is 0 Å². The number of aromatic amines is 1. The van der Waals surface area contributed by atoms with Crippen LogP contribution in [0.2, 0.25) is 5.02 Å². The van der Waals surface area contributed by atoms with Crippen LogP contribution in [-0.4, -0.2) is 9.97 Å². The van der Waals surface area contributed by atoms with Gasteiger partial charge in [-0.2, -0.15) is 0 Å². The van der Waals surface area contributed by atoms with E-state index in [0.29, 0.717) is 5.25 Å². The van der Waals surface area contributed by atoms with Crippen molar-refractivity contribution in [1.82, 2.24) is 9.97 Å². The van der Waals surface area contributed by atoms with Crippen LogP contribution >= 0.6 is 23.4 Å². The first-order valence-corrected chi connectivity index (χ1v) is 7.45. The molecule has 0 saturated carbocycles. The minimum atomic E-state index is 0.378. The summed E-state index contributed by atoms with van der Waals surface area (Å²) in [5.74, 6) is 1.04. The highest BCUT2D eigenvalue weighted by Gasteiger charge is 2.25. The quantitative estimate of drug-likeness (QED) is 0.708. The van der Waals surface area contributed by atoms with Crippen LogP contribution in [0, 0.1) is 0 Å². The number of hydrogen-bond donors (Lipinski definition) is 1. The summed E-state index contributed by atoms with van der Waals surface area (Å²) in [4.78, 5) is 9.45. The van der Waals surface area contributed by atoms with Gasteiger partial charge in [-0.3, -0.25) is 0 Å². The van der Waals surface area contributed by atoms with E-state index in [9.17, 15) is 0 Å². The lowest BCUT2D eigenvalue weighted by atomic mass is 10.1. The number of nitrogens with one attached hydrogen (secondary N) is 1. The first kappa shape index (κ1) is 11.4. The maximum Gasteiger partial charge on any atom is 0.121 e. The van der Waals surface area contributed by atoms with Crippen molar-refractivity contribution in [3.63, 3.8) is 0 Å². The zero-order chi connectivity index (χ0) is 12.8. The molecule has 2 heterocycles. The van der Waals surface area contributed by atoms with Crippen LogP contribution in [0.25, 0.3) is 11.0 Å². The molecule has 19 heavy (non-hydrogen) atoms. The fourth-order valence-electron chi connectivity index (χ4n) is 2.49. The van der Waals surface area contributed by atoms with Gasteiger partial charge in [0.2, 0.25) is 0 Å². The zero-order valence-corrected chi connectivity index (χ0v) is 11.6. The molecular formula is C15H11ClN2S. The Balaban J connectivity index is 1.73. The number of H-pyrrole nitrogens is 1. The van der Waals surface area contributed by atoms with Crippen LogP contribution in [0.1, 0.15) is 16.6 Å². The summed E-state index contributed by atoms with van der Waals surface area (Å²) >= 11 is 7.89. The number of fused-ring (bicyclic) bond motifs is 2. The first-order valence-electron chi connectivity index (χ1n) is 6.19. The number of aromatic nitrogens is 2. The van der Waals surface area contributed by atoms with Crippen molar-refractivity contribution in [3.05, 3.63) is 58.9 Å². The van der Waals surface area contributed by atoms with Crippen LogP contribution in [0.5, 0.6) is 0 Å². The molecule has 1 aliphatic heterocycles. The van der Waals surface area contributed by atoms with Gasteiger partial charge < -0.3 is 4.98 Å². The molecule has 94 valence electrons. The molecule has 0 fully saturated rings. The second-order valence-electron chi connectivity index (χ2n) is 4.70. The molecule has 0 bridgehead atoms. The number of thioether (sulfide) groups is 1. The predicted molar refractivity (Wildman–Crippen MR) is 79.8 cm³/mol. The highest BCUT2D eigenvalue weighted by atomic mass is 35.5. The lowest BCUT2D eigenvalue weighted by Gasteiger charge is -2.02. The first-order chi connectivity index (χ1) is 9.29. The molecule has 1 aromatic heterocycles. The molecular weight excluding hydrogens is 276 g/mol. The Hall–Kier alpha value is -1.45. The van der Waals surface area contributed by atoms with E-state index >= 15 is 0 Å². The summed E-state index contributed by atoms with van der Waals surface area (Å²) in [6.07, 6.45) is 1.04. The van der Waals surface area contributed by atoms with E-state index < -0.39 is 0 Å². The molecule has 3 aromatic rings. The summed E-state index contributed by atoms with van der Waals surface area (Å²) in [5, 5.41) is 1.12. The van der Waals surface area contributed by atoms with Crippen LogP contribution in [0.3, 0.4) is 0 Å². The van der Waals surface area contributed by atoms with E-state index in [-0.39, 0.29) is 0 Å². The maximum absolute atomic E-state index is 6.01. The van der Waals surface area contributed by atoms with Gasteiger partial charge in [0.1, 0.15) is 5.82 Å². The van der Waals surface area contributed by atoms with Gasteiger partial charge in [-0.05, 0) is 36.2 Å². The summed E-state index contributed by atoms with van der Waals surface area (Å²) in [7, 11) is 0. The van der Waals surface area contributed by atoms with Gasteiger partial charge in [-0.25, -0.2) is 4.98 Å². The van der Waals surface area contributed by atoms with E-state index in [2.05, 4.69) is 34.2 Å². The molecule has 4 heteroatoms. The molecule has 0 saturated heterocycles. The molecule has 2 nitrogen and oxygen atoms in total. The fourth-order valence-corrected chi connectivity index (χ4v) is 3.91. The summed E-state index contributed by atoms with van der Waals surface area (Å²) in [6.45, 7) is 0. The number of benzene rings is 2. The summed E-state index contributed by atoms with van der Waals surface area (Å²) in [5.41, 5.74) is 3.41. The van der Waals surface area contributed by atoms with Gasteiger partial charge in [0.25, 0.3) is 0 Å². The molecule has 1 unspecified atom stereocenters. The van der Waals surface area contributed by atoms with E-state index in [1.165, 1.54) is 10.5 Å². The standard InChI is InChI=1S/C15H11ClN2S/c16-10-5-6-11-12(8-10)18-15(17-11)14-7-9-3-1-2-4-13(9)19-14/h1-6,8,14H,7H2,(H,17,18). The number of halogens is 1. The molecule has 0 radical (unpaired) electrons. The Kier molecular flexibility index (Phi) is 2.57. The normalized spacial score (nSPS) is 17.8. The monoisotopic (exact) mass is 286 g/mol. The molecule has 1 atom stereocenters. The molecule has 4 rings (SSSR count). The number of hydrogen-bond acceptors (Lipinski definition) is 2. The second-order valence-corrected chi connectivity index (χ2v) is 6.38. The van der Waals surface area contributed by atoms with Crippen molar-refractivity contribution in [3.8, 4) is 0 Å². The minimum absolute atomic E-state index is 0.378. The fraction of sp³-hybridized carbons (Fsp3) is 0.133. The highest BCUT2D eigenvalue weighted by Crippen LogP contribution is 2.45. The SMILES string of the molecule is Clc1ccc2nc(C3Cc4ccccc4S3)[nH]c2c1. The Morgan fingerprint density at radius 1 is 1.21 bits per heavy atom. The Morgan fingerprint density at radius 3 is 3.00 bits per heavy atom. The van der Waals surface area contributed by atoms with Gasteiger partial charge in [0.05, 0.1) is 16.3 Å². The van der Waals surface area contributed by atoms with Crippen LogP contribution in [-0.2, 0) is 6.42 Å². The van der Waals surface area contributed by atoms with Gasteiger partial charge in [0, 0.05) is 9.92 Å². The largest absolute Gasteiger partial charge is 0.341 e. The van der Waals surface area contributed by atoms with Crippen molar-refractivity contribution >= 4 is 34.4 Å². The van der Waals surface area contributed by atoms with Crippen LogP contribution < -0.4 is 0 Å². The lowest BCUT2D eigenvalue weighted by Crippen LogP contribution is -1.94. The second kappa shape index (κ2) is 4.29. The third-order valence-corrected chi connectivity index (χ3v) is 4.98. The Bertz CT molecular complexity index is 741. The molecule has 1 aliphatic rings. The van der Waals surface area contributed by atoms with E-state index in [1.54, 1.807) is 0 Å². The van der Waals surface area contributed by atoms with E-state index in [4.69, 9.17) is 11.6 Å². The maximum atomic E-state index is 6.01. The average Bonchev–Trinajstić information content (AvgIpc) is 3.00. The van der Waals surface area contributed by atoms with E-state index in [0.717, 1.165) is 28.3 Å². The van der Waals surface area contributed by atoms with E-state index in [1.807, 2.05) is 30.0 Å². The van der Waals surface area contributed by atoms with Crippen molar-refractivity contribution in [2.75, 3.05) is 0 Å². The van der Waals surface area contributed by atoms with Crippen LogP contribution in [0.15, 0.2) is 47.4 Å². The van der Waals surface area contributed by atoms with Crippen molar-refractivity contribution in [2.24, 2.45) is 0 Å². The lowest BCUT2D eigenvalue weighted by molar-refractivity contribution is 0.881. The smallest absolute Gasteiger partial charge is 0.121 e. The van der Waals surface area contributed by atoms with Crippen molar-refractivity contribution in [2.45, 2.75) is 16.6 Å². The van der Waals surface area contributed by atoms with Gasteiger partial charge in [0.15, 0.2) is 0 Å². The number of rotatable bonds is 1.